The summed E-state index contributed by atoms with van der Waals surface area (Å²) in [5.41, 5.74) is 2.16. The van der Waals surface area contributed by atoms with Crippen LogP contribution in [0.2, 0.25) is 0 Å². The molecule has 0 bridgehead atoms. The summed E-state index contributed by atoms with van der Waals surface area (Å²) in [5.74, 6) is 0.00729. The summed E-state index contributed by atoms with van der Waals surface area (Å²) in [5, 5.41) is 24.5. The van der Waals surface area contributed by atoms with Crippen LogP contribution in [0.1, 0.15) is 99.4 Å². The second-order valence-corrected chi connectivity index (χ2v) is 14.0. The molecule has 3 saturated carbocycles. The Morgan fingerprint density at radius 3 is 2.55 bits per heavy atom. The van der Waals surface area contributed by atoms with Gasteiger partial charge in [0.2, 0.25) is 0 Å². The molecule has 42 heavy (non-hydrogen) atoms. The Bertz CT molecular complexity index is 1230. The molecule has 7 nitrogen and oxygen atoms in total. The highest BCUT2D eigenvalue weighted by molar-refractivity contribution is 5.74. The largest absolute Gasteiger partial charge is 0.385 e. The van der Waals surface area contributed by atoms with Gasteiger partial charge in [0.15, 0.2) is 12.1 Å². The number of allylic oxidation sites excluding steroid dienone is 1. The van der Waals surface area contributed by atoms with Crippen molar-refractivity contribution in [3.05, 3.63) is 58.7 Å². The molecule has 1 spiro atoms. The van der Waals surface area contributed by atoms with Crippen molar-refractivity contribution in [1.29, 1.82) is 0 Å². The van der Waals surface area contributed by atoms with Crippen molar-refractivity contribution in [2.24, 2.45) is 17.3 Å². The number of benzene rings is 1. The van der Waals surface area contributed by atoms with Crippen molar-refractivity contribution in [3.8, 4) is 0 Å². The summed E-state index contributed by atoms with van der Waals surface area (Å²) in [7, 11) is 0. The summed E-state index contributed by atoms with van der Waals surface area (Å²) >= 11 is 0. The van der Waals surface area contributed by atoms with Gasteiger partial charge in [0, 0.05) is 36.3 Å². The molecule has 1 aromatic rings. The number of fused-ring (bicyclic) bond motifs is 4. The van der Waals surface area contributed by atoms with E-state index in [2.05, 4.69) is 19.1 Å². The number of carbonyl (C=O) groups is 1. The van der Waals surface area contributed by atoms with Gasteiger partial charge < -0.3 is 29.2 Å². The van der Waals surface area contributed by atoms with Crippen molar-refractivity contribution >= 4 is 6.29 Å². The van der Waals surface area contributed by atoms with Crippen molar-refractivity contribution in [2.75, 3.05) is 26.4 Å². The number of aliphatic hydroxyl groups is 2. The molecule has 7 rings (SSSR count). The number of hydrogen-bond acceptors (Lipinski definition) is 7. The van der Waals surface area contributed by atoms with Gasteiger partial charge in [-0.15, -0.1) is 0 Å². The number of ether oxygens (including phenoxy) is 4. The van der Waals surface area contributed by atoms with E-state index >= 15 is 0 Å². The molecule has 2 N–H and O–H groups in total. The van der Waals surface area contributed by atoms with Gasteiger partial charge >= 0.3 is 0 Å². The van der Waals surface area contributed by atoms with E-state index in [9.17, 15) is 15.0 Å². The Labute approximate surface area is 249 Å². The van der Waals surface area contributed by atoms with E-state index in [1.165, 1.54) is 11.1 Å². The lowest BCUT2D eigenvalue weighted by Crippen LogP contribution is -2.55. The normalized spacial score (nSPS) is 41.1. The fourth-order valence-electron chi connectivity index (χ4n) is 9.68. The second kappa shape index (κ2) is 10.9. The smallest absolute Gasteiger partial charge is 0.171 e. The highest BCUT2D eigenvalue weighted by Crippen LogP contribution is 2.68. The highest BCUT2D eigenvalue weighted by atomic mass is 16.7. The van der Waals surface area contributed by atoms with Crippen LogP contribution in [0.3, 0.4) is 0 Å². The van der Waals surface area contributed by atoms with Crippen molar-refractivity contribution in [3.63, 3.8) is 0 Å². The lowest BCUT2D eigenvalue weighted by atomic mass is 9.49. The first-order valence-corrected chi connectivity index (χ1v) is 16.2. The summed E-state index contributed by atoms with van der Waals surface area (Å²) in [6.45, 7) is 4.64. The molecule has 7 heteroatoms. The topological polar surface area (TPSA) is 94.5 Å². The first kappa shape index (κ1) is 28.9. The van der Waals surface area contributed by atoms with Crippen LogP contribution in [0, 0.1) is 17.3 Å². The first-order chi connectivity index (χ1) is 20.3. The third-order valence-electron chi connectivity index (χ3n) is 11.8. The van der Waals surface area contributed by atoms with E-state index in [-0.39, 0.29) is 17.6 Å². The first-order valence-electron chi connectivity index (χ1n) is 16.2. The van der Waals surface area contributed by atoms with Gasteiger partial charge in [-0.1, -0.05) is 48.9 Å². The average Bonchev–Trinajstić information content (AvgIpc) is 3.56. The molecule has 2 aliphatic heterocycles. The van der Waals surface area contributed by atoms with Crippen LogP contribution in [-0.4, -0.2) is 66.2 Å². The van der Waals surface area contributed by atoms with Gasteiger partial charge in [0.05, 0.1) is 31.0 Å². The van der Waals surface area contributed by atoms with Crippen LogP contribution >= 0.6 is 0 Å². The van der Waals surface area contributed by atoms with Gasteiger partial charge in [-0.2, -0.15) is 0 Å². The molecule has 5 fully saturated rings. The molecule has 6 aliphatic rings. The van der Waals surface area contributed by atoms with E-state index in [1.807, 2.05) is 24.3 Å². The zero-order valence-electron chi connectivity index (χ0n) is 24.9. The minimum atomic E-state index is -0.943. The lowest BCUT2D eigenvalue weighted by Gasteiger charge is -2.57. The zero-order chi connectivity index (χ0) is 29.0. The fraction of sp³-hybridized carbons (Fsp3) is 0.686. The van der Waals surface area contributed by atoms with E-state index in [0.717, 1.165) is 76.2 Å². The van der Waals surface area contributed by atoms with Gasteiger partial charge in [0.1, 0.15) is 6.29 Å². The maximum atomic E-state index is 12.3. The molecule has 2 heterocycles. The highest BCUT2D eigenvalue weighted by Gasteiger charge is 2.64. The van der Waals surface area contributed by atoms with E-state index in [0.29, 0.717) is 50.1 Å². The Kier molecular flexibility index (Phi) is 7.52. The number of hydrogen-bond donors (Lipinski definition) is 2. The van der Waals surface area contributed by atoms with Gasteiger partial charge in [0.25, 0.3) is 0 Å². The molecule has 228 valence electrons. The Morgan fingerprint density at radius 2 is 1.81 bits per heavy atom. The monoisotopic (exact) mass is 578 g/mol. The molecule has 7 atom stereocenters. The van der Waals surface area contributed by atoms with Crippen molar-refractivity contribution in [1.82, 2.24) is 0 Å². The summed E-state index contributed by atoms with van der Waals surface area (Å²) in [6, 6.07) is 7.94. The summed E-state index contributed by atoms with van der Waals surface area (Å²) < 4.78 is 23.8. The molecular weight excluding hydrogens is 532 g/mol. The van der Waals surface area contributed by atoms with Crippen molar-refractivity contribution in [2.45, 2.75) is 107 Å². The SMILES string of the molecule is C[C@]12C[C@H](c3ccc(C=O)cc3)C3=C4CCC5(C[C@]4(O)CCC3C1CC[C@@]2(O)/C=C\COC1CCCCO1)OCCO5. The van der Waals surface area contributed by atoms with E-state index in [1.54, 1.807) is 0 Å². The van der Waals surface area contributed by atoms with Gasteiger partial charge in [-0.05, 0) is 80.8 Å². The molecule has 3 unspecified atom stereocenters. The van der Waals surface area contributed by atoms with Gasteiger partial charge in [-0.25, -0.2) is 0 Å². The minimum absolute atomic E-state index is 0.0585. The fourth-order valence-corrected chi connectivity index (χ4v) is 9.68. The van der Waals surface area contributed by atoms with Gasteiger partial charge in [-0.3, -0.25) is 4.79 Å². The summed E-state index contributed by atoms with van der Waals surface area (Å²) in [4.78, 5) is 11.5. The Morgan fingerprint density at radius 1 is 1.00 bits per heavy atom. The minimum Gasteiger partial charge on any atom is -0.385 e. The van der Waals surface area contributed by atoms with E-state index in [4.69, 9.17) is 18.9 Å². The molecule has 0 amide bonds. The number of rotatable bonds is 6. The lowest BCUT2D eigenvalue weighted by molar-refractivity contribution is -0.208. The molecule has 0 aromatic heterocycles. The van der Waals surface area contributed by atoms with Crippen LogP contribution in [0.15, 0.2) is 47.6 Å². The number of carbonyl (C=O) groups excluding carboxylic acids is 1. The molecule has 4 aliphatic carbocycles. The predicted molar refractivity (Wildman–Crippen MR) is 157 cm³/mol. The Hall–Kier alpha value is -1.87. The van der Waals surface area contributed by atoms with Crippen LogP contribution < -0.4 is 0 Å². The Balaban J connectivity index is 1.22. The quantitative estimate of drug-likeness (QED) is 0.335. The van der Waals surface area contributed by atoms with Crippen LogP contribution in [0.4, 0.5) is 0 Å². The van der Waals surface area contributed by atoms with Crippen LogP contribution in [0.25, 0.3) is 0 Å². The van der Waals surface area contributed by atoms with Crippen LogP contribution in [0.5, 0.6) is 0 Å². The third-order valence-corrected chi connectivity index (χ3v) is 11.8. The maximum absolute atomic E-state index is 12.3. The average molecular weight is 579 g/mol. The zero-order valence-corrected chi connectivity index (χ0v) is 24.9. The molecule has 0 radical (unpaired) electrons. The summed E-state index contributed by atoms with van der Waals surface area (Å²) in [6.07, 6.45) is 13.9. The molecular formula is C35H46O7. The number of aldehydes is 1. The predicted octanol–water partition coefficient (Wildman–Crippen LogP) is 5.60. The molecule has 1 aromatic carbocycles. The third kappa shape index (κ3) is 4.76. The van der Waals surface area contributed by atoms with E-state index < -0.39 is 17.0 Å². The standard InChI is InChI=1S/C35H46O7/c1-32-21-27(25-8-6-24(22-36)7-9-25)31-26(10-14-33(37)23-35(16-12-29(31)33)41-19-20-42-35)28(32)11-15-34(32,38)13-4-18-40-30-5-2-3-17-39-30/h4,6-9,13,22,26-28,30,37-38H,2-3,5,10-12,14-21,23H2,1H3/b13-4-/t26?,27-,28?,30?,32+,33-,34+/m1/s1. The maximum Gasteiger partial charge on any atom is 0.171 e. The van der Waals surface area contributed by atoms with Crippen molar-refractivity contribution < 1.29 is 34.0 Å². The van der Waals surface area contributed by atoms with Crippen LogP contribution in [-0.2, 0) is 18.9 Å². The molecule has 2 saturated heterocycles. The second-order valence-electron chi connectivity index (χ2n) is 14.0.